The van der Waals surface area contributed by atoms with Crippen LogP contribution in [-0.4, -0.2) is 60.2 Å². The number of nitrogens with one attached hydrogen (secondary N) is 2. The van der Waals surface area contributed by atoms with Crippen molar-refractivity contribution < 1.29 is 14.4 Å². The van der Waals surface area contributed by atoms with E-state index in [4.69, 9.17) is 0 Å². The van der Waals surface area contributed by atoms with Gasteiger partial charge < -0.3 is 20.4 Å². The minimum Gasteiger partial charge on any atom is -0.376 e. The molecule has 2 aliphatic heterocycles. The molecule has 0 aliphatic carbocycles. The normalized spacial score (nSPS) is 16.9. The maximum atomic E-state index is 12.7. The van der Waals surface area contributed by atoms with Gasteiger partial charge in [-0.25, -0.2) is 0 Å². The largest absolute Gasteiger partial charge is 0.376 e. The third kappa shape index (κ3) is 6.84. The van der Waals surface area contributed by atoms with Gasteiger partial charge >= 0.3 is 0 Å². The smallest absolute Gasteiger partial charge is 0.253 e. The Bertz CT molecular complexity index is 1000. The molecular formula is C28H36N4O3. The minimum atomic E-state index is -0.182. The lowest BCUT2D eigenvalue weighted by atomic mass is 9.98. The highest BCUT2D eigenvalue weighted by Gasteiger charge is 2.21. The van der Waals surface area contributed by atoms with Gasteiger partial charge in [-0.05, 0) is 80.1 Å². The third-order valence-corrected chi connectivity index (χ3v) is 6.96. The van der Waals surface area contributed by atoms with Gasteiger partial charge in [0.1, 0.15) is 0 Å². The zero-order valence-corrected chi connectivity index (χ0v) is 20.6. The van der Waals surface area contributed by atoms with E-state index in [2.05, 4.69) is 17.6 Å². The van der Waals surface area contributed by atoms with E-state index < -0.39 is 0 Å². The zero-order valence-electron chi connectivity index (χ0n) is 20.6. The standard InChI is InChI=1S/C28H36N4O3/c1-21-14-18-32(19-15-21)28(35)23-8-12-25(13-9-23)30-26(33)20-29-24-10-6-22(7-11-24)27(34)31-16-4-2-3-5-17-31/h6-13,21,29H,2-5,14-20H2,1H3,(H,30,33). The third-order valence-electron chi connectivity index (χ3n) is 6.96. The fourth-order valence-electron chi connectivity index (χ4n) is 4.66. The van der Waals surface area contributed by atoms with Gasteiger partial charge in [-0.1, -0.05) is 19.8 Å². The number of rotatable bonds is 6. The van der Waals surface area contributed by atoms with Crippen molar-refractivity contribution in [3.8, 4) is 0 Å². The average molecular weight is 477 g/mol. The summed E-state index contributed by atoms with van der Waals surface area (Å²) >= 11 is 0. The van der Waals surface area contributed by atoms with Crippen LogP contribution in [0.5, 0.6) is 0 Å². The van der Waals surface area contributed by atoms with Crippen LogP contribution in [0.15, 0.2) is 48.5 Å². The second kappa shape index (κ2) is 11.9. The van der Waals surface area contributed by atoms with Crippen molar-refractivity contribution in [2.24, 2.45) is 5.92 Å². The molecule has 2 N–H and O–H groups in total. The number of amides is 3. The second-order valence-electron chi connectivity index (χ2n) is 9.74. The number of anilines is 2. The number of hydrogen-bond donors (Lipinski definition) is 2. The van der Waals surface area contributed by atoms with Crippen LogP contribution in [-0.2, 0) is 4.79 Å². The van der Waals surface area contributed by atoms with Crippen LogP contribution in [0.4, 0.5) is 11.4 Å². The minimum absolute atomic E-state index is 0.0502. The van der Waals surface area contributed by atoms with Gasteiger partial charge in [0.15, 0.2) is 0 Å². The summed E-state index contributed by atoms with van der Waals surface area (Å²) in [4.78, 5) is 41.6. The predicted molar refractivity (Wildman–Crippen MR) is 139 cm³/mol. The van der Waals surface area contributed by atoms with Gasteiger partial charge in [0, 0.05) is 48.7 Å². The maximum absolute atomic E-state index is 12.7. The van der Waals surface area contributed by atoms with Gasteiger partial charge in [-0.15, -0.1) is 0 Å². The van der Waals surface area contributed by atoms with Crippen molar-refractivity contribution in [3.63, 3.8) is 0 Å². The molecule has 0 aromatic heterocycles. The quantitative estimate of drug-likeness (QED) is 0.637. The molecule has 2 saturated heterocycles. The molecule has 0 spiro atoms. The summed E-state index contributed by atoms with van der Waals surface area (Å²) in [6.45, 7) is 5.58. The van der Waals surface area contributed by atoms with Gasteiger partial charge in [-0.2, -0.15) is 0 Å². The van der Waals surface area contributed by atoms with Crippen LogP contribution in [0, 0.1) is 5.92 Å². The van der Waals surface area contributed by atoms with Crippen molar-refractivity contribution >= 4 is 29.1 Å². The summed E-state index contributed by atoms with van der Waals surface area (Å²) in [5.41, 5.74) is 2.75. The Kier molecular flexibility index (Phi) is 8.40. The number of benzene rings is 2. The van der Waals surface area contributed by atoms with E-state index in [0.717, 1.165) is 57.5 Å². The highest BCUT2D eigenvalue weighted by molar-refractivity contribution is 5.97. The van der Waals surface area contributed by atoms with Crippen LogP contribution < -0.4 is 10.6 Å². The van der Waals surface area contributed by atoms with Crippen LogP contribution in [0.3, 0.4) is 0 Å². The number of likely N-dealkylation sites (tertiary alicyclic amines) is 2. The number of hydrogen-bond acceptors (Lipinski definition) is 4. The Morgan fingerprint density at radius 1 is 0.714 bits per heavy atom. The van der Waals surface area contributed by atoms with Crippen molar-refractivity contribution in [1.29, 1.82) is 0 Å². The van der Waals surface area contributed by atoms with Gasteiger partial charge in [0.05, 0.1) is 6.54 Å². The summed E-state index contributed by atoms with van der Waals surface area (Å²) in [5.74, 6) is 0.621. The van der Waals surface area contributed by atoms with E-state index >= 15 is 0 Å². The fraction of sp³-hybridized carbons (Fsp3) is 0.464. The van der Waals surface area contributed by atoms with E-state index in [0.29, 0.717) is 22.7 Å². The van der Waals surface area contributed by atoms with Gasteiger partial charge in [-0.3, -0.25) is 14.4 Å². The van der Waals surface area contributed by atoms with Crippen LogP contribution in [0.25, 0.3) is 0 Å². The van der Waals surface area contributed by atoms with Crippen molar-refractivity contribution in [3.05, 3.63) is 59.7 Å². The lowest BCUT2D eigenvalue weighted by Gasteiger charge is -2.30. The molecule has 4 rings (SSSR count). The first-order valence-corrected chi connectivity index (χ1v) is 12.8. The molecule has 3 amide bonds. The molecule has 0 unspecified atom stereocenters. The van der Waals surface area contributed by atoms with Crippen molar-refractivity contribution in [1.82, 2.24) is 9.80 Å². The van der Waals surface area contributed by atoms with E-state index in [-0.39, 0.29) is 24.3 Å². The first-order valence-electron chi connectivity index (χ1n) is 12.8. The van der Waals surface area contributed by atoms with E-state index in [1.807, 2.05) is 34.1 Å². The van der Waals surface area contributed by atoms with Crippen molar-refractivity contribution in [2.75, 3.05) is 43.4 Å². The molecule has 186 valence electrons. The highest BCUT2D eigenvalue weighted by atomic mass is 16.2. The summed E-state index contributed by atoms with van der Waals surface area (Å²) in [6.07, 6.45) is 6.60. The van der Waals surface area contributed by atoms with Crippen LogP contribution >= 0.6 is 0 Å². The van der Waals surface area contributed by atoms with E-state index in [1.54, 1.807) is 24.3 Å². The van der Waals surface area contributed by atoms with Gasteiger partial charge in [0.25, 0.3) is 11.8 Å². The van der Waals surface area contributed by atoms with E-state index in [9.17, 15) is 14.4 Å². The lowest BCUT2D eigenvalue weighted by molar-refractivity contribution is -0.114. The van der Waals surface area contributed by atoms with Crippen molar-refractivity contribution in [2.45, 2.75) is 45.4 Å². The zero-order chi connectivity index (χ0) is 24.6. The summed E-state index contributed by atoms with van der Waals surface area (Å²) in [5, 5.41) is 5.95. The molecule has 2 aromatic rings. The Morgan fingerprint density at radius 2 is 1.20 bits per heavy atom. The van der Waals surface area contributed by atoms with Crippen LogP contribution in [0.2, 0.25) is 0 Å². The number of carbonyl (C=O) groups is 3. The van der Waals surface area contributed by atoms with Gasteiger partial charge in [0.2, 0.25) is 5.91 Å². The monoisotopic (exact) mass is 476 g/mol. The summed E-state index contributed by atoms with van der Waals surface area (Å²) in [6, 6.07) is 14.4. The molecule has 0 bridgehead atoms. The van der Waals surface area contributed by atoms with E-state index in [1.165, 1.54) is 12.8 Å². The Labute approximate surface area is 207 Å². The summed E-state index contributed by atoms with van der Waals surface area (Å²) in [7, 11) is 0. The Morgan fingerprint density at radius 3 is 1.74 bits per heavy atom. The lowest BCUT2D eigenvalue weighted by Crippen LogP contribution is -2.37. The molecule has 35 heavy (non-hydrogen) atoms. The molecule has 2 aliphatic rings. The summed E-state index contributed by atoms with van der Waals surface area (Å²) < 4.78 is 0. The molecule has 7 heteroatoms. The molecule has 0 radical (unpaired) electrons. The molecule has 0 saturated carbocycles. The predicted octanol–water partition coefficient (Wildman–Crippen LogP) is 4.63. The van der Waals surface area contributed by atoms with Crippen LogP contribution in [0.1, 0.15) is 66.2 Å². The highest BCUT2D eigenvalue weighted by Crippen LogP contribution is 2.19. The average Bonchev–Trinajstić information content (AvgIpc) is 3.18. The fourth-order valence-corrected chi connectivity index (χ4v) is 4.66. The SMILES string of the molecule is CC1CCN(C(=O)c2ccc(NC(=O)CNc3ccc(C(=O)N4CCCCCC4)cc3)cc2)CC1. The Hall–Kier alpha value is -3.35. The molecule has 2 aromatic carbocycles. The molecule has 2 fully saturated rings. The maximum Gasteiger partial charge on any atom is 0.253 e. The first-order chi connectivity index (χ1) is 17.0. The molecule has 2 heterocycles. The number of nitrogens with zero attached hydrogens (tertiary/aromatic N) is 2. The Balaban J connectivity index is 1.23. The second-order valence-corrected chi connectivity index (χ2v) is 9.74. The topological polar surface area (TPSA) is 81.8 Å². The molecular weight excluding hydrogens is 440 g/mol. The first kappa shape index (κ1) is 24.8. The molecule has 7 nitrogen and oxygen atoms in total. The number of piperidine rings is 1. The molecule has 0 atom stereocenters. The number of carbonyl (C=O) groups excluding carboxylic acids is 3.